The van der Waals surface area contributed by atoms with Gasteiger partial charge in [-0.1, -0.05) is 60.1 Å². The molecule has 7 nitrogen and oxygen atoms in total. The second-order valence-electron chi connectivity index (χ2n) is 8.03. The standard InChI is InChI=1S/C26H21ClN2O5/c27-17-10-8-16(9-11-17)18-4-1-2-5-19(18)21-14-22(29(28-21)24(30)12-13-25(31)32)20-6-3-7-23-26(20)34-15-33-23/h1-11,22H,12-15H2,(H,31,32). The predicted molar refractivity (Wildman–Crippen MR) is 127 cm³/mol. The third-order valence-electron chi connectivity index (χ3n) is 5.90. The number of carboxylic acids is 1. The fourth-order valence-electron chi connectivity index (χ4n) is 4.30. The van der Waals surface area contributed by atoms with Crippen LogP contribution >= 0.6 is 11.6 Å². The Morgan fingerprint density at radius 1 is 0.971 bits per heavy atom. The average Bonchev–Trinajstić information content (AvgIpc) is 3.50. The molecule has 1 unspecified atom stereocenters. The highest BCUT2D eigenvalue weighted by atomic mass is 35.5. The topological polar surface area (TPSA) is 88.4 Å². The van der Waals surface area contributed by atoms with Crippen LogP contribution in [0.15, 0.2) is 71.8 Å². The van der Waals surface area contributed by atoms with E-state index in [1.807, 2.05) is 66.7 Å². The Hall–Kier alpha value is -3.84. The van der Waals surface area contributed by atoms with Crippen LogP contribution in [0, 0.1) is 0 Å². The number of carbonyl (C=O) groups excluding carboxylic acids is 1. The average molecular weight is 477 g/mol. The molecule has 0 bridgehead atoms. The van der Waals surface area contributed by atoms with Crippen molar-refractivity contribution in [1.29, 1.82) is 0 Å². The molecule has 0 spiro atoms. The van der Waals surface area contributed by atoms with Crippen LogP contribution in [0.3, 0.4) is 0 Å². The van der Waals surface area contributed by atoms with Gasteiger partial charge in [-0.05, 0) is 29.3 Å². The summed E-state index contributed by atoms with van der Waals surface area (Å²) in [6.45, 7) is 0.110. The normalized spacial score (nSPS) is 16.4. The maximum absolute atomic E-state index is 13.1. The van der Waals surface area contributed by atoms with Gasteiger partial charge < -0.3 is 14.6 Å². The van der Waals surface area contributed by atoms with Crippen molar-refractivity contribution in [3.63, 3.8) is 0 Å². The Balaban J connectivity index is 1.55. The number of ether oxygens (including phenoxy) is 2. The van der Waals surface area contributed by atoms with Gasteiger partial charge in [-0.15, -0.1) is 0 Å². The minimum Gasteiger partial charge on any atom is -0.481 e. The third kappa shape index (κ3) is 4.22. The van der Waals surface area contributed by atoms with Crippen LogP contribution in [-0.2, 0) is 9.59 Å². The maximum atomic E-state index is 13.1. The lowest BCUT2D eigenvalue weighted by molar-refractivity contribution is -0.141. The van der Waals surface area contributed by atoms with Crippen molar-refractivity contribution in [1.82, 2.24) is 5.01 Å². The zero-order chi connectivity index (χ0) is 23.7. The number of fused-ring (bicyclic) bond motifs is 1. The number of hydrazone groups is 1. The van der Waals surface area contributed by atoms with Gasteiger partial charge in [-0.25, -0.2) is 5.01 Å². The zero-order valence-electron chi connectivity index (χ0n) is 18.1. The molecular weight excluding hydrogens is 456 g/mol. The number of hydrogen-bond donors (Lipinski definition) is 1. The molecule has 8 heteroatoms. The van der Waals surface area contributed by atoms with E-state index in [1.165, 1.54) is 5.01 Å². The molecule has 0 saturated carbocycles. The molecule has 2 heterocycles. The van der Waals surface area contributed by atoms with Gasteiger partial charge >= 0.3 is 5.97 Å². The second kappa shape index (κ2) is 9.19. The first-order valence-electron chi connectivity index (χ1n) is 10.9. The molecule has 3 aromatic rings. The molecule has 2 aliphatic rings. The van der Waals surface area contributed by atoms with Gasteiger partial charge in [0, 0.05) is 29.0 Å². The van der Waals surface area contributed by atoms with Crippen LogP contribution in [0.2, 0.25) is 5.02 Å². The first kappa shape index (κ1) is 22.0. The van der Waals surface area contributed by atoms with Crippen LogP contribution in [0.4, 0.5) is 0 Å². The molecule has 0 fully saturated rings. The minimum absolute atomic E-state index is 0.110. The van der Waals surface area contributed by atoms with Gasteiger partial charge in [-0.3, -0.25) is 9.59 Å². The van der Waals surface area contributed by atoms with Crippen LogP contribution in [0.1, 0.15) is 36.4 Å². The molecule has 1 amide bonds. The van der Waals surface area contributed by atoms with Gasteiger partial charge in [0.2, 0.25) is 12.7 Å². The van der Waals surface area contributed by atoms with Crippen molar-refractivity contribution in [3.05, 3.63) is 82.9 Å². The quantitative estimate of drug-likeness (QED) is 0.523. The summed E-state index contributed by atoms with van der Waals surface area (Å²) in [5.41, 5.74) is 4.35. The highest BCUT2D eigenvalue weighted by Gasteiger charge is 2.37. The Morgan fingerprint density at radius 2 is 1.74 bits per heavy atom. The summed E-state index contributed by atoms with van der Waals surface area (Å²) in [7, 11) is 0. The van der Waals surface area contributed by atoms with E-state index in [2.05, 4.69) is 0 Å². The Morgan fingerprint density at radius 3 is 2.50 bits per heavy atom. The van der Waals surface area contributed by atoms with Crippen molar-refractivity contribution >= 4 is 29.2 Å². The summed E-state index contributed by atoms with van der Waals surface area (Å²) in [6, 6.07) is 20.5. The molecule has 2 aliphatic heterocycles. The van der Waals surface area contributed by atoms with Gasteiger partial charge in [0.05, 0.1) is 18.2 Å². The molecule has 5 rings (SSSR count). The molecule has 0 saturated heterocycles. The van der Waals surface area contributed by atoms with Gasteiger partial charge in [0.1, 0.15) is 0 Å². The smallest absolute Gasteiger partial charge is 0.303 e. The van der Waals surface area contributed by atoms with E-state index in [0.29, 0.717) is 22.9 Å². The van der Waals surface area contributed by atoms with E-state index in [4.69, 9.17) is 31.3 Å². The highest BCUT2D eigenvalue weighted by molar-refractivity contribution is 6.30. The number of nitrogens with zero attached hydrogens (tertiary/aromatic N) is 2. The van der Waals surface area contributed by atoms with E-state index < -0.39 is 12.0 Å². The van der Waals surface area contributed by atoms with Gasteiger partial charge in [0.25, 0.3) is 0 Å². The first-order chi connectivity index (χ1) is 16.5. The monoisotopic (exact) mass is 476 g/mol. The van der Waals surface area contributed by atoms with E-state index in [9.17, 15) is 9.59 Å². The van der Waals surface area contributed by atoms with E-state index in [0.717, 1.165) is 28.0 Å². The maximum Gasteiger partial charge on any atom is 0.303 e. The fraction of sp³-hybridized carbons (Fsp3) is 0.192. The van der Waals surface area contributed by atoms with Crippen LogP contribution in [0.25, 0.3) is 11.1 Å². The number of para-hydroxylation sites is 1. The van der Waals surface area contributed by atoms with Crippen molar-refractivity contribution in [2.24, 2.45) is 5.10 Å². The zero-order valence-corrected chi connectivity index (χ0v) is 18.9. The molecular formula is C26H21ClN2O5. The highest BCUT2D eigenvalue weighted by Crippen LogP contribution is 2.44. The van der Waals surface area contributed by atoms with Crippen molar-refractivity contribution in [2.75, 3.05) is 6.79 Å². The minimum atomic E-state index is -1.03. The largest absolute Gasteiger partial charge is 0.481 e. The Bertz CT molecular complexity index is 1290. The van der Waals surface area contributed by atoms with E-state index in [1.54, 1.807) is 0 Å². The number of rotatable bonds is 6. The lowest BCUT2D eigenvalue weighted by Crippen LogP contribution is -2.27. The second-order valence-corrected chi connectivity index (χ2v) is 8.47. The van der Waals surface area contributed by atoms with Crippen LogP contribution < -0.4 is 9.47 Å². The fourth-order valence-corrected chi connectivity index (χ4v) is 4.43. The molecule has 34 heavy (non-hydrogen) atoms. The van der Waals surface area contributed by atoms with Gasteiger partial charge in [0.15, 0.2) is 11.5 Å². The summed E-state index contributed by atoms with van der Waals surface area (Å²) in [5.74, 6) is -0.182. The molecule has 0 aromatic heterocycles. The lowest BCUT2D eigenvalue weighted by atomic mass is 9.92. The number of aliphatic carboxylic acids is 1. The summed E-state index contributed by atoms with van der Waals surface area (Å²) < 4.78 is 11.2. The summed E-state index contributed by atoms with van der Waals surface area (Å²) in [4.78, 5) is 24.2. The number of halogens is 1. The summed E-state index contributed by atoms with van der Waals surface area (Å²) >= 11 is 6.07. The third-order valence-corrected chi connectivity index (χ3v) is 6.15. The predicted octanol–water partition coefficient (Wildman–Crippen LogP) is 5.28. The van der Waals surface area contributed by atoms with Crippen molar-refractivity contribution in [3.8, 4) is 22.6 Å². The summed E-state index contributed by atoms with van der Waals surface area (Å²) in [5, 5.41) is 15.8. The number of hydrogen-bond acceptors (Lipinski definition) is 5. The SMILES string of the molecule is O=C(O)CCC(=O)N1N=C(c2ccccc2-c2ccc(Cl)cc2)CC1c1cccc2c1OCO2. The first-order valence-corrected chi connectivity index (χ1v) is 11.2. The van der Waals surface area contributed by atoms with Crippen molar-refractivity contribution < 1.29 is 24.2 Å². The van der Waals surface area contributed by atoms with E-state index >= 15 is 0 Å². The van der Waals surface area contributed by atoms with Crippen LogP contribution in [-0.4, -0.2) is 34.5 Å². The van der Waals surface area contributed by atoms with E-state index in [-0.39, 0.29) is 25.5 Å². The lowest BCUT2D eigenvalue weighted by Gasteiger charge is -2.22. The number of carbonyl (C=O) groups is 2. The molecule has 0 radical (unpaired) electrons. The Kier molecular flexibility index (Phi) is 5.94. The Labute approximate surface area is 201 Å². The number of carboxylic acid groups (broad SMARTS) is 1. The van der Waals surface area contributed by atoms with Crippen LogP contribution in [0.5, 0.6) is 11.5 Å². The molecule has 3 aromatic carbocycles. The van der Waals surface area contributed by atoms with Crippen molar-refractivity contribution in [2.45, 2.75) is 25.3 Å². The molecule has 1 atom stereocenters. The molecule has 172 valence electrons. The number of amides is 1. The van der Waals surface area contributed by atoms with Gasteiger partial charge in [-0.2, -0.15) is 5.10 Å². The molecule has 1 N–H and O–H groups in total. The molecule has 0 aliphatic carbocycles. The summed E-state index contributed by atoms with van der Waals surface area (Å²) in [6.07, 6.45) is 0.0395. The number of benzene rings is 3.